The summed E-state index contributed by atoms with van der Waals surface area (Å²) >= 11 is 0. The minimum Gasteiger partial charge on any atom is -0.454 e. The molecule has 2 aromatic rings. The number of likely N-dealkylation sites (N-methyl/N-ethyl adjacent to an activating group) is 1. The van der Waals surface area contributed by atoms with Crippen LogP contribution in [0.1, 0.15) is 11.1 Å². The standard InChI is InChI=1S/C18H17N3O3/c1-21(10-14-4-7-16-17(8-14)24-12-23-16)11-18(22)20-15-5-2-13(9-19)3-6-15/h2-8H,10-12H2,1H3,(H,20,22)/p+1. The molecule has 6 heteroatoms. The van der Waals surface area contributed by atoms with Crippen LogP contribution in [0.25, 0.3) is 0 Å². The minimum absolute atomic E-state index is 0.0713. The third-order valence-corrected chi connectivity index (χ3v) is 3.70. The number of carbonyl (C=O) groups is 1. The quantitative estimate of drug-likeness (QED) is 0.858. The second-order valence-corrected chi connectivity index (χ2v) is 5.74. The molecule has 0 fully saturated rings. The Morgan fingerprint density at radius 3 is 2.71 bits per heavy atom. The Morgan fingerprint density at radius 1 is 1.21 bits per heavy atom. The van der Waals surface area contributed by atoms with Crippen LogP contribution >= 0.6 is 0 Å². The highest BCUT2D eigenvalue weighted by Gasteiger charge is 2.16. The van der Waals surface area contributed by atoms with Gasteiger partial charge in [0, 0.05) is 11.3 Å². The molecule has 0 saturated carbocycles. The van der Waals surface area contributed by atoms with E-state index in [0.717, 1.165) is 22.0 Å². The largest absolute Gasteiger partial charge is 0.454 e. The third kappa shape index (κ3) is 3.83. The monoisotopic (exact) mass is 324 g/mol. The summed E-state index contributed by atoms with van der Waals surface area (Å²) in [5.41, 5.74) is 2.34. The van der Waals surface area contributed by atoms with Gasteiger partial charge in [0.2, 0.25) is 6.79 Å². The molecule has 1 aliphatic heterocycles. The van der Waals surface area contributed by atoms with E-state index in [2.05, 4.69) is 5.32 Å². The first-order chi connectivity index (χ1) is 11.6. The van der Waals surface area contributed by atoms with Crippen LogP contribution in [0.15, 0.2) is 42.5 Å². The van der Waals surface area contributed by atoms with E-state index in [1.54, 1.807) is 24.3 Å². The van der Waals surface area contributed by atoms with Crippen molar-refractivity contribution in [3.05, 3.63) is 53.6 Å². The molecule has 1 amide bonds. The predicted octanol–water partition coefficient (Wildman–Crippen LogP) is 0.940. The topological polar surface area (TPSA) is 75.8 Å². The summed E-state index contributed by atoms with van der Waals surface area (Å²) < 4.78 is 10.7. The van der Waals surface area contributed by atoms with E-state index in [4.69, 9.17) is 14.7 Å². The second-order valence-electron chi connectivity index (χ2n) is 5.74. The number of nitrogens with zero attached hydrogens (tertiary/aromatic N) is 1. The van der Waals surface area contributed by atoms with Gasteiger partial charge in [-0.05, 0) is 42.5 Å². The number of anilines is 1. The molecule has 6 nitrogen and oxygen atoms in total. The summed E-state index contributed by atoms with van der Waals surface area (Å²) in [5, 5.41) is 11.6. The predicted molar refractivity (Wildman–Crippen MR) is 87.8 cm³/mol. The van der Waals surface area contributed by atoms with Crippen molar-refractivity contribution in [2.45, 2.75) is 6.54 Å². The SMILES string of the molecule is C[NH+](CC(=O)Nc1ccc(C#N)cc1)Cc1ccc2c(c1)OCO2. The van der Waals surface area contributed by atoms with E-state index in [9.17, 15) is 4.79 Å². The maximum Gasteiger partial charge on any atom is 0.279 e. The van der Waals surface area contributed by atoms with Gasteiger partial charge in [0.1, 0.15) is 6.54 Å². The van der Waals surface area contributed by atoms with Gasteiger partial charge in [0.05, 0.1) is 18.7 Å². The molecule has 1 heterocycles. The van der Waals surface area contributed by atoms with Crippen LogP contribution < -0.4 is 19.7 Å². The van der Waals surface area contributed by atoms with Gasteiger partial charge in [-0.1, -0.05) is 0 Å². The zero-order valence-electron chi connectivity index (χ0n) is 13.3. The van der Waals surface area contributed by atoms with Crippen LogP contribution in [0.3, 0.4) is 0 Å². The van der Waals surface area contributed by atoms with Crippen molar-refractivity contribution in [2.75, 3.05) is 25.7 Å². The first-order valence-corrected chi connectivity index (χ1v) is 7.64. The number of benzene rings is 2. The van der Waals surface area contributed by atoms with Crippen LogP contribution in [-0.4, -0.2) is 26.3 Å². The van der Waals surface area contributed by atoms with Crippen LogP contribution in [-0.2, 0) is 11.3 Å². The maximum atomic E-state index is 12.1. The highest BCUT2D eigenvalue weighted by Crippen LogP contribution is 2.32. The summed E-state index contributed by atoms with van der Waals surface area (Å²) in [6, 6.07) is 14.7. The highest BCUT2D eigenvalue weighted by atomic mass is 16.7. The summed E-state index contributed by atoms with van der Waals surface area (Å²) in [6.07, 6.45) is 0. The number of ether oxygens (including phenoxy) is 2. The molecule has 0 bridgehead atoms. The van der Waals surface area contributed by atoms with Gasteiger partial charge in [-0.25, -0.2) is 0 Å². The fraction of sp³-hybridized carbons (Fsp3) is 0.222. The van der Waals surface area contributed by atoms with Gasteiger partial charge >= 0.3 is 0 Å². The average Bonchev–Trinajstić information content (AvgIpc) is 3.03. The lowest BCUT2D eigenvalue weighted by Gasteiger charge is -2.14. The number of quaternary nitrogens is 1. The van der Waals surface area contributed by atoms with E-state index in [0.29, 0.717) is 24.3 Å². The summed E-state index contributed by atoms with van der Waals surface area (Å²) in [5.74, 6) is 1.44. The lowest BCUT2D eigenvalue weighted by atomic mass is 10.2. The normalized spacial score (nSPS) is 13.2. The summed E-state index contributed by atoms with van der Waals surface area (Å²) in [6.45, 7) is 1.31. The van der Waals surface area contributed by atoms with Crippen LogP contribution in [0.4, 0.5) is 5.69 Å². The van der Waals surface area contributed by atoms with E-state index in [1.165, 1.54) is 0 Å². The van der Waals surface area contributed by atoms with Crippen molar-refractivity contribution in [2.24, 2.45) is 0 Å². The molecule has 3 rings (SSSR count). The summed E-state index contributed by atoms with van der Waals surface area (Å²) in [7, 11) is 1.96. The fourth-order valence-corrected chi connectivity index (χ4v) is 2.57. The summed E-state index contributed by atoms with van der Waals surface area (Å²) in [4.78, 5) is 13.2. The van der Waals surface area contributed by atoms with Gasteiger partial charge < -0.3 is 19.7 Å². The fourth-order valence-electron chi connectivity index (χ4n) is 2.57. The van der Waals surface area contributed by atoms with Crippen molar-refractivity contribution < 1.29 is 19.2 Å². The first-order valence-electron chi connectivity index (χ1n) is 7.64. The number of hydrogen-bond acceptors (Lipinski definition) is 4. The van der Waals surface area contributed by atoms with Crippen molar-refractivity contribution in [1.82, 2.24) is 0 Å². The zero-order chi connectivity index (χ0) is 16.9. The molecule has 1 unspecified atom stereocenters. The molecule has 0 radical (unpaired) electrons. The molecule has 0 spiro atoms. The minimum atomic E-state index is -0.0713. The number of carbonyl (C=O) groups excluding carboxylic acids is 1. The third-order valence-electron chi connectivity index (χ3n) is 3.70. The lowest BCUT2D eigenvalue weighted by Crippen LogP contribution is -3.08. The Kier molecular flexibility index (Phi) is 4.64. The zero-order valence-corrected chi connectivity index (χ0v) is 13.3. The number of rotatable bonds is 5. The lowest BCUT2D eigenvalue weighted by molar-refractivity contribution is -0.885. The number of nitriles is 1. The van der Waals surface area contributed by atoms with E-state index in [-0.39, 0.29) is 12.7 Å². The molecule has 2 aromatic carbocycles. The van der Waals surface area contributed by atoms with Crippen molar-refractivity contribution in [3.63, 3.8) is 0 Å². The molecule has 1 aliphatic rings. The van der Waals surface area contributed by atoms with Crippen molar-refractivity contribution in [1.29, 1.82) is 5.26 Å². The van der Waals surface area contributed by atoms with Gasteiger partial charge in [-0.2, -0.15) is 5.26 Å². The first kappa shape index (κ1) is 15.8. The van der Waals surface area contributed by atoms with Crippen LogP contribution in [0.5, 0.6) is 11.5 Å². The smallest absolute Gasteiger partial charge is 0.279 e. The second kappa shape index (κ2) is 7.02. The Hall–Kier alpha value is -3.04. The van der Waals surface area contributed by atoms with Crippen molar-refractivity contribution >= 4 is 11.6 Å². The van der Waals surface area contributed by atoms with Crippen LogP contribution in [0.2, 0.25) is 0 Å². The Balaban J connectivity index is 1.53. The van der Waals surface area contributed by atoms with E-state index >= 15 is 0 Å². The van der Waals surface area contributed by atoms with Gasteiger partial charge in [-0.15, -0.1) is 0 Å². The van der Waals surface area contributed by atoms with Gasteiger partial charge in [0.15, 0.2) is 18.0 Å². The number of fused-ring (bicyclic) bond motifs is 1. The van der Waals surface area contributed by atoms with Gasteiger partial charge in [-0.3, -0.25) is 4.79 Å². The highest BCUT2D eigenvalue weighted by molar-refractivity contribution is 5.91. The molecule has 0 aromatic heterocycles. The molecule has 0 aliphatic carbocycles. The Morgan fingerprint density at radius 2 is 1.96 bits per heavy atom. The molecule has 0 saturated heterocycles. The number of nitrogens with one attached hydrogen (secondary N) is 2. The molecular weight excluding hydrogens is 306 g/mol. The molecule has 24 heavy (non-hydrogen) atoms. The Labute approximate surface area is 140 Å². The number of amides is 1. The molecular formula is C18H18N3O3+. The van der Waals surface area contributed by atoms with E-state index < -0.39 is 0 Å². The van der Waals surface area contributed by atoms with Crippen LogP contribution in [0, 0.1) is 11.3 Å². The number of hydrogen-bond donors (Lipinski definition) is 2. The molecule has 1 atom stereocenters. The maximum absolute atomic E-state index is 12.1. The molecule has 122 valence electrons. The Bertz CT molecular complexity index is 781. The molecule has 2 N–H and O–H groups in total. The van der Waals surface area contributed by atoms with Crippen molar-refractivity contribution in [3.8, 4) is 17.6 Å². The van der Waals surface area contributed by atoms with E-state index in [1.807, 2.05) is 31.3 Å². The van der Waals surface area contributed by atoms with Gasteiger partial charge in [0.25, 0.3) is 5.91 Å². The average molecular weight is 324 g/mol.